The molecular formula is C33H41N5O4. The van der Waals surface area contributed by atoms with E-state index in [0.29, 0.717) is 36.9 Å². The average Bonchev–Trinajstić information content (AvgIpc) is 3.24. The summed E-state index contributed by atoms with van der Waals surface area (Å²) in [5.74, 6) is -0.366. The smallest absolute Gasteiger partial charge is 0.407 e. The van der Waals surface area contributed by atoms with Gasteiger partial charge in [0.05, 0.1) is 6.54 Å². The Labute approximate surface area is 247 Å². The number of amides is 2. The van der Waals surface area contributed by atoms with Crippen molar-refractivity contribution in [3.63, 3.8) is 0 Å². The van der Waals surface area contributed by atoms with Gasteiger partial charge in [-0.05, 0) is 62.8 Å². The molecule has 0 bridgehead atoms. The van der Waals surface area contributed by atoms with Crippen LogP contribution in [0.1, 0.15) is 63.1 Å². The molecule has 9 heteroatoms. The summed E-state index contributed by atoms with van der Waals surface area (Å²) in [6.07, 6.45) is 3.24. The number of nitrogens with two attached hydrogens (primary N) is 1. The molecular weight excluding hydrogens is 530 g/mol. The summed E-state index contributed by atoms with van der Waals surface area (Å²) in [5, 5.41) is 31.0. The molecule has 2 atom stereocenters. The fraction of sp³-hybridized carbons (Fsp3) is 0.424. The van der Waals surface area contributed by atoms with Crippen LogP contribution in [0.5, 0.6) is 0 Å². The van der Waals surface area contributed by atoms with E-state index in [1.807, 2.05) is 51.1 Å². The number of hydroxylamine groups is 2. The van der Waals surface area contributed by atoms with E-state index in [4.69, 9.17) is 15.9 Å². The molecule has 42 heavy (non-hydrogen) atoms. The monoisotopic (exact) mass is 571 g/mol. The van der Waals surface area contributed by atoms with E-state index in [0.717, 1.165) is 34.7 Å². The van der Waals surface area contributed by atoms with Crippen LogP contribution in [0.25, 0.3) is 10.8 Å². The van der Waals surface area contributed by atoms with Gasteiger partial charge in [0.1, 0.15) is 17.1 Å². The largest absolute Gasteiger partial charge is 0.627 e. The molecule has 9 nitrogen and oxygen atoms in total. The maximum Gasteiger partial charge on any atom is 0.407 e. The molecule has 1 aliphatic carbocycles. The van der Waals surface area contributed by atoms with Gasteiger partial charge in [0, 0.05) is 42.1 Å². The quantitative estimate of drug-likeness (QED) is 0.136. The van der Waals surface area contributed by atoms with Crippen molar-refractivity contribution < 1.29 is 14.3 Å². The SMILES string of the molecule is CC(C)(C)OC(=O)NC1CCC(NC(=O)C2Cc3ccc(C(=N)N)cc3[N+]2([O-])CCc2cccc3ccccc23)CC1. The second kappa shape index (κ2) is 11.7. The second-order valence-electron chi connectivity index (χ2n) is 12.6. The van der Waals surface area contributed by atoms with Gasteiger partial charge in [0.2, 0.25) is 0 Å². The van der Waals surface area contributed by atoms with Gasteiger partial charge < -0.3 is 31.0 Å². The summed E-state index contributed by atoms with van der Waals surface area (Å²) in [7, 11) is 0. The van der Waals surface area contributed by atoms with Crippen LogP contribution in [0.4, 0.5) is 10.5 Å². The standard InChI is InChI=1S/C33H41N5O4/c1-33(2,3)42-32(40)37-26-15-13-25(14-16-26)36-31(39)29-19-23-11-12-24(30(34)35)20-28(23)38(29,41)18-17-22-9-6-8-21-7-4-5-10-27(21)22/h4-12,20,25-26,29H,13-19H2,1-3H3,(H3,34,35)(H,36,39)(H,37,40). The lowest BCUT2D eigenvalue weighted by Gasteiger charge is -2.44. The van der Waals surface area contributed by atoms with Gasteiger partial charge in [-0.2, -0.15) is 0 Å². The molecule has 222 valence electrons. The normalized spacial score (nSPS) is 23.7. The molecule has 2 aliphatic rings. The molecule has 1 fully saturated rings. The van der Waals surface area contributed by atoms with Gasteiger partial charge in [0.25, 0.3) is 5.91 Å². The number of quaternary nitrogens is 1. The number of nitrogen functional groups attached to an aromatic ring is 1. The summed E-state index contributed by atoms with van der Waals surface area (Å²) in [6, 6.07) is 18.5. The zero-order chi connectivity index (χ0) is 30.1. The number of benzene rings is 3. The van der Waals surface area contributed by atoms with Crippen molar-refractivity contribution in [1.29, 1.82) is 5.41 Å². The molecule has 3 aromatic carbocycles. The lowest BCUT2D eigenvalue weighted by Crippen LogP contribution is -2.59. The summed E-state index contributed by atoms with van der Waals surface area (Å²) in [4.78, 5) is 26.0. The van der Waals surface area contributed by atoms with Gasteiger partial charge in [-0.3, -0.25) is 10.2 Å². The molecule has 1 heterocycles. The highest BCUT2D eigenvalue weighted by molar-refractivity contribution is 5.97. The van der Waals surface area contributed by atoms with Gasteiger partial charge >= 0.3 is 6.09 Å². The van der Waals surface area contributed by atoms with E-state index < -0.39 is 22.4 Å². The number of amidine groups is 1. The Morgan fingerprint density at radius 3 is 2.36 bits per heavy atom. The summed E-state index contributed by atoms with van der Waals surface area (Å²) >= 11 is 0. The Balaban J connectivity index is 1.31. The second-order valence-corrected chi connectivity index (χ2v) is 12.6. The van der Waals surface area contributed by atoms with Crippen LogP contribution in [0, 0.1) is 10.6 Å². The molecule has 2 amide bonds. The van der Waals surface area contributed by atoms with Gasteiger partial charge in [-0.15, -0.1) is 0 Å². The number of fused-ring (bicyclic) bond motifs is 2. The predicted molar refractivity (Wildman–Crippen MR) is 166 cm³/mol. The molecule has 0 saturated heterocycles. The Morgan fingerprint density at radius 2 is 1.67 bits per heavy atom. The van der Waals surface area contributed by atoms with E-state index in [1.165, 1.54) is 0 Å². The number of carbonyl (C=O) groups is 2. The molecule has 0 spiro atoms. The van der Waals surface area contributed by atoms with Crippen molar-refractivity contribution in [2.75, 3.05) is 6.54 Å². The van der Waals surface area contributed by atoms with Crippen molar-refractivity contribution in [3.8, 4) is 0 Å². The number of alkyl carbamates (subject to hydrolysis) is 1. The van der Waals surface area contributed by atoms with Crippen molar-refractivity contribution in [3.05, 3.63) is 82.6 Å². The van der Waals surface area contributed by atoms with E-state index >= 15 is 0 Å². The highest BCUT2D eigenvalue weighted by Crippen LogP contribution is 2.40. The minimum Gasteiger partial charge on any atom is -0.627 e. The maximum atomic E-state index is 14.8. The lowest BCUT2D eigenvalue weighted by molar-refractivity contribution is -0.125. The minimum absolute atomic E-state index is 0.0104. The Bertz CT molecular complexity index is 1490. The van der Waals surface area contributed by atoms with Crippen LogP contribution < -0.4 is 21.0 Å². The number of hydrogen-bond donors (Lipinski definition) is 4. The summed E-state index contributed by atoms with van der Waals surface area (Å²) < 4.78 is 4.59. The van der Waals surface area contributed by atoms with E-state index in [1.54, 1.807) is 12.1 Å². The van der Waals surface area contributed by atoms with Crippen LogP contribution in [-0.2, 0) is 22.4 Å². The number of ether oxygens (including phenoxy) is 1. The molecule has 1 saturated carbocycles. The summed E-state index contributed by atoms with van der Waals surface area (Å²) in [6.45, 7) is 5.68. The minimum atomic E-state index is -0.838. The van der Waals surface area contributed by atoms with E-state index in [2.05, 4.69) is 28.8 Å². The van der Waals surface area contributed by atoms with Crippen LogP contribution in [0.2, 0.25) is 0 Å². The van der Waals surface area contributed by atoms with E-state index in [-0.39, 0.29) is 30.4 Å². The zero-order valence-electron chi connectivity index (χ0n) is 24.6. The van der Waals surface area contributed by atoms with Crippen molar-refractivity contribution in [1.82, 2.24) is 15.3 Å². The maximum absolute atomic E-state index is 14.8. The Kier molecular flexibility index (Phi) is 8.25. The van der Waals surface area contributed by atoms with Crippen LogP contribution in [-0.4, -0.2) is 48.1 Å². The Morgan fingerprint density at radius 1 is 1.00 bits per heavy atom. The molecule has 3 aromatic rings. The van der Waals surface area contributed by atoms with Crippen molar-refractivity contribution >= 4 is 34.3 Å². The highest BCUT2D eigenvalue weighted by Gasteiger charge is 2.45. The number of nitrogens with zero attached hydrogens (tertiary/aromatic N) is 1. The third-order valence-corrected chi connectivity index (χ3v) is 8.41. The number of nitrogens with one attached hydrogen (secondary N) is 3. The number of hydrogen-bond acceptors (Lipinski definition) is 5. The molecule has 5 N–H and O–H groups in total. The van der Waals surface area contributed by atoms with Crippen molar-refractivity contribution in [2.24, 2.45) is 5.73 Å². The van der Waals surface area contributed by atoms with Gasteiger partial charge in [-0.1, -0.05) is 54.6 Å². The highest BCUT2D eigenvalue weighted by atomic mass is 16.6. The molecule has 0 radical (unpaired) electrons. The molecule has 5 rings (SSSR count). The molecule has 2 unspecified atom stereocenters. The number of rotatable bonds is 7. The Hall–Kier alpha value is -3.95. The van der Waals surface area contributed by atoms with Gasteiger partial charge in [-0.25, -0.2) is 4.79 Å². The predicted octanol–water partition coefficient (Wildman–Crippen LogP) is 5.05. The lowest BCUT2D eigenvalue weighted by atomic mass is 9.91. The van der Waals surface area contributed by atoms with Crippen LogP contribution in [0.3, 0.4) is 0 Å². The topological polar surface area (TPSA) is 140 Å². The number of carbonyl (C=O) groups excluding carboxylic acids is 2. The summed E-state index contributed by atoms with van der Waals surface area (Å²) in [5.41, 5.74) is 8.08. The van der Waals surface area contributed by atoms with Crippen LogP contribution >= 0.6 is 0 Å². The first-order valence-electron chi connectivity index (χ1n) is 14.8. The average molecular weight is 572 g/mol. The fourth-order valence-electron chi connectivity index (χ4n) is 6.29. The third-order valence-electron chi connectivity index (χ3n) is 8.41. The first-order valence-corrected chi connectivity index (χ1v) is 14.8. The fourth-order valence-corrected chi connectivity index (χ4v) is 6.29. The molecule has 1 aliphatic heterocycles. The van der Waals surface area contributed by atoms with Gasteiger partial charge in [0.15, 0.2) is 6.04 Å². The third kappa shape index (κ3) is 6.42. The zero-order valence-corrected chi connectivity index (χ0v) is 24.6. The first kappa shape index (κ1) is 29.5. The van der Waals surface area contributed by atoms with Crippen molar-refractivity contribution in [2.45, 2.75) is 83.0 Å². The van der Waals surface area contributed by atoms with Crippen LogP contribution in [0.15, 0.2) is 60.7 Å². The van der Waals surface area contributed by atoms with E-state index in [9.17, 15) is 14.8 Å². The first-order chi connectivity index (χ1) is 19.9. The molecule has 0 aromatic heterocycles.